The maximum atomic E-state index is 2.56. The Hall–Kier alpha value is -9.50. The minimum Gasteiger partial charge on any atom is -0.309 e. The van der Waals surface area contributed by atoms with Crippen LogP contribution in [0.1, 0.15) is 0 Å². The second kappa shape index (κ2) is 17.2. The molecule has 0 aromatic heterocycles. The minimum atomic E-state index is 1.06. The highest BCUT2D eigenvalue weighted by Crippen LogP contribution is 2.52. The SMILES string of the molecule is c1ccc(-c2ccc(N(c3cccc4ccccc34)c3cc4ccccc4c4ccccc34)c3cc(N(c4cccc5ccccc45)c4cc5ccccc5c5ccccc45)cc(-c4ccccc4)c23)cc1. The molecule has 0 saturated carbocycles. The average molecular weight is 915 g/mol. The first-order valence-corrected chi connectivity index (χ1v) is 24.8. The maximum Gasteiger partial charge on any atom is 0.0546 e. The summed E-state index contributed by atoms with van der Waals surface area (Å²) in [6.45, 7) is 0. The van der Waals surface area contributed by atoms with Crippen LogP contribution in [-0.4, -0.2) is 0 Å². The van der Waals surface area contributed by atoms with Crippen LogP contribution < -0.4 is 9.80 Å². The summed E-state index contributed by atoms with van der Waals surface area (Å²) in [5.41, 5.74) is 11.2. The smallest absolute Gasteiger partial charge is 0.0546 e. The second-order valence-corrected chi connectivity index (χ2v) is 18.8. The monoisotopic (exact) mass is 914 g/mol. The number of fused-ring (bicyclic) bond motifs is 9. The molecule has 336 valence electrons. The molecule has 2 heteroatoms. The molecule has 14 aromatic rings. The molecule has 72 heavy (non-hydrogen) atoms. The Kier molecular flexibility index (Phi) is 9.89. The van der Waals surface area contributed by atoms with Crippen LogP contribution in [0.4, 0.5) is 34.1 Å². The Bertz CT molecular complexity index is 4390. The summed E-state index contributed by atoms with van der Waals surface area (Å²) in [4.78, 5) is 5.09. The van der Waals surface area contributed by atoms with Gasteiger partial charge >= 0.3 is 0 Å². The Morgan fingerprint density at radius 2 is 0.583 bits per heavy atom. The van der Waals surface area contributed by atoms with E-state index >= 15 is 0 Å². The quantitative estimate of drug-likeness (QED) is 0.140. The molecule has 14 rings (SSSR count). The van der Waals surface area contributed by atoms with Gasteiger partial charge in [0.05, 0.1) is 28.4 Å². The Morgan fingerprint density at radius 3 is 1.12 bits per heavy atom. The highest BCUT2D eigenvalue weighted by atomic mass is 15.2. The third-order valence-corrected chi connectivity index (χ3v) is 14.7. The summed E-state index contributed by atoms with van der Waals surface area (Å²) in [5, 5.41) is 16.7. The van der Waals surface area contributed by atoms with Crippen LogP contribution in [0.15, 0.2) is 279 Å². The van der Waals surface area contributed by atoms with E-state index in [1.54, 1.807) is 0 Å². The van der Waals surface area contributed by atoms with Gasteiger partial charge in [-0.1, -0.05) is 237 Å². The molecule has 0 spiro atoms. The van der Waals surface area contributed by atoms with Crippen molar-refractivity contribution in [1.82, 2.24) is 0 Å². The molecule has 0 aliphatic rings. The predicted octanol–water partition coefficient (Wildman–Crippen LogP) is 20.0. The van der Waals surface area contributed by atoms with Crippen LogP contribution in [0, 0.1) is 0 Å². The van der Waals surface area contributed by atoms with Crippen molar-refractivity contribution in [3.8, 4) is 22.3 Å². The highest BCUT2D eigenvalue weighted by Gasteiger charge is 2.27. The fourth-order valence-electron chi connectivity index (χ4n) is 11.5. The van der Waals surface area contributed by atoms with Crippen molar-refractivity contribution in [3.63, 3.8) is 0 Å². The molecular formula is C70H46N2. The second-order valence-electron chi connectivity index (χ2n) is 18.8. The first-order chi connectivity index (χ1) is 35.7. The Morgan fingerprint density at radius 1 is 0.194 bits per heavy atom. The fourth-order valence-corrected chi connectivity index (χ4v) is 11.5. The third-order valence-electron chi connectivity index (χ3n) is 14.7. The molecule has 0 heterocycles. The van der Waals surface area contributed by atoms with E-state index in [2.05, 4.69) is 289 Å². The standard InChI is InChI=1S/C70H46N2/c1-3-21-49(22-4-1)58-41-42-67(72(66-40-20-30-48-26-8-14-34-57(48)66)69-44-52-28-10-12-32-55(52)60-36-16-18-38-62(60)69)64-46-53(45-63(70(58)64)50-23-5-2-6-24-50)71(65-39-19-29-47-25-7-13-33-56(47)65)68-43-51-27-9-11-31-54(51)59-35-15-17-37-61(59)68/h1-46H. The summed E-state index contributed by atoms with van der Waals surface area (Å²) in [6.07, 6.45) is 0. The highest BCUT2D eigenvalue weighted by molar-refractivity contribution is 6.21. The number of benzene rings is 14. The van der Waals surface area contributed by atoms with Crippen molar-refractivity contribution >= 4 is 110 Å². The van der Waals surface area contributed by atoms with Gasteiger partial charge in [-0.15, -0.1) is 0 Å². The van der Waals surface area contributed by atoms with Gasteiger partial charge in [0.1, 0.15) is 0 Å². The van der Waals surface area contributed by atoms with Gasteiger partial charge < -0.3 is 9.80 Å². The van der Waals surface area contributed by atoms with Crippen molar-refractivity contribution in [3.05, 3.63) is 279 Å². The van der Waals surface area contributed by atoms with Crippen molar-refractivity contribution in [2.45, 2.75) is 0 Å². The van der Waals surface area contributed by atoms with Crippen LogP contribution in [-0.2, 0) is 0 Å². The topological polar surface area (TPSA) is 6.48 Å². The molecule has 0 bridgehead atoms. The number of hydrogen-bond donors (Lipinski definition) is 0. The predicted molar refractivity (Wildman–Crippen MR) is 309 cm³/mol. The van der Waals surface area contributed by atoms with E-state index in [9.17, 15) is 0 Å². The zero-order chi connectivity index (χ0) is 47.5. The van der Waals surface area contributed by atoms with Gasteiger partial charge in [-0.25, -0.2) is 0 Å². The largest absolute Gasteiger partial charge is 0.309 e. The van der Waals surface area contributed by atoms with Crippen molar-refractivity contribution < 1.29 is 0 Å². The van der Waals surface area contributed by atoms with Crippen LogP contribution in [0.3, 0.4) is 0 Å². The zero-order valence-electron chi connectivity index (χ0n) is 39.5. The number of anilines is 6. The van der Waals surface area contributed by atoms with E-state index in [0.29, 0.717) is 0 Å². The van der Waals surface area contributed by atoms with Crippen molar-refractivity contribution in [2.24, 2.45) is 0 Å². The molecule has 0 atom stereocenters. The first-order valence-electron chi connectivity index (χ1n) is 24.8. The summed E-state index contributed by atoms with van der Waals surface area (Å²) in [5.74, 6) is 0. The molecule has 0 radical (unpaired) electrons. The van der Waals surface area contributed by atoms with E-state index in [-0.39, 0.29) is 0 Å². The molecule has 0 aliphatic heterocycles. The van der Waals surface area contributed by atoms with E-state index in [0.717, 1.165) is 50.6 Å². The molecule has 14 aromatic carbocycles. The van der Waals surface area contributed by atoms with Crippen LogP contribution >= 0.6 is 0 Å². The van der Waals surface area contributed by atoms with Gasteiger partial charge in [0.15, 0.2) is 0 Å². The molecular weight excluding hydrogens is 869 g/mol. The van der Waals surface area contributed by atoms with Crippen LogP contribution in [0.5, 0.6) is 0 Å². The normalized spacial score (nSPS) is 11.6. The van der Waals surface area contributed by atoms with Gasteiger partial charge in [-0.2, -0.15) is 0 Å². The van der Waals surface area contributed by atoms with Crippen LogP contribution in [0.25, 0.3) is 97.7 Å². The van der Waals surface area contributed by atoms with Gasteiger partial charge in [0.25, 0.3) is 0 Å². The first kappa shape index (κ1) is 41.5. The summed E-state index contributed by atoms with van der Waals surface area (Å²) in [7, 11) is 0. The maximum absolute atomic E-state index is 2.56. The Balaban J connectivity index is 1.18. The molecule has 0 unspecified atom stereocenters. The van der Waals surface area contributed by atoms with Crippen molar-refractivity contribution in [2.75, 3.05) is 9.80 Å². The van der Waals surface area contributed by atoms with E-state index in [1.807, 2.05) is 0 Å². The lowest BCUT2D eigenvalue weighted by molar-refractivity contribution is 1.31. The van der Waals surface area contributed by atoms with Gasteiger partial charge in [0, 0.05) is 32.6 Å². The third kappa shape index (κ3) is 6.80. The molecule has 0 aliphatic carbocycles. The average Bonchev–Trinajstić information content (AvgIpc) is 3.46. The van der Waals surface area contributed by atoms with Crippen molar-refractivity contribution in [1.29, 1.82) is 0 Å². The van der Waals surface area contributed by atoms with E-state index in [4.69, 9.17) is 0 Å². The zero-order valence-corrected chi connectivity index (χ0v) is 39.5. The molecule has 2 nitrogen and oxygen atoms in total. The minimum absolute atomic E-state index is 1.06. The number of nitrogens with zero attached hydrogens (tertiary/aromatic N) is 2. The van der Waals surface area contributed by atoms with E-state index in [1.165, 1.54) is 81.1 Å². The molecule has 0 N–H and O–H groups in total. The summed E-state index contributed by atoms with van der Waals surface area (Å²) < 4.78 is 0. The summed E-state index contributed by atoms with van der Waals surface area (Å²) in [6, 6.07) is 103. The lowest BCUT2D eigenvalue weighted by Crippen LogP contribution is -2.14. The number of hydrogen-bond acceptors (Lipinski definition) is 2. The van der Waals surface area contributed by atoms with Crippen LogP contribution in [0.2, 0.25) is 0 Å². The fraction of sp³-hybridized carbons (Fsp3) is 0. The number of rotatable bonds is 8. The van der Waals surface area contributed by atoms with Gasteiger partial charge in [-0.05, 0) is 113 Å². The van der Waals surface area contributed by atoms with Gasteiger partial charge in [0.2, 0.25) is 0 Å². The lowest BCUT2D eigenvalue weighted by atomic mass is 9.88. The molecule has 0 saturated heterocycles. The van der Waals surface area contributed by atoms with E-state index < -0.39 is 0 Å². The summed E-state index contributed by atoms with van der Waals surface area (Å²) >= 11 is 0. The molecule has 0 fully saturated rings. The lowest BCUT2D eigenvalue weighted by Gasteiger charge is -2.32. The molecule has 0 amide bonds. The van der Waals surface area contributed by atoms with Gasteiger partial charge in [-0.3, -0.25) is 0 Å². The Labute approximate surface area is 418 Å².